The second-order valence-electron chi connectivity index (χ2n) is 9.03. The molecule has 2 aliphatic heterocycles. The van der Waals surface area contributed by atoms with E-state index >= 15 is 0 Å². The van der Waals surface area contributed by atoms with Crippen molar-refractivity contribution in [2.45, 2.75) is 43.2 Å². The summed E-state index contributed by atoms with van der Waals surface area (Å²) >= 11 is 0. The number of aliphatic hydroxyl groups excluding tert-OH is 4. The van der Waals surface area contributed by atoms with Crippen LogP contribution in [0.5, 0.6) is 5.75 Å². The van der Waals surface area contributed by atoms with E-state index in [1.165, 1.54) is 0 Å². The van der Waals surface area contributed by atoms with Crippen molar-refractivity contribution in [2.24, 2.45) is 5.92 Å². The van der Waals surface area contributed by atoms with Crippen molar-refractivity contribution in [3.63, 3.8) is 0 Å². The lowest BCUT2D eigenvalue weighted by Crippen LogP contribution is -2.69. The largest absolute Gasteiger partial charge is 0.462 e. The SMILES string of the molecule is OC[C@H]1O[C@H](O)[C@@](O)(Oc2cccc3[nH]cc(CC(Cc4ccccc4)C4=COCO4)c23)[C@@H](O)[C@@H]1O. The quantitative estimate of drug-likeness (QED) is 0.248. The molecule has 0 bridgehead atoms. The lowest BCUT2D eigenvalue weighted by molar-refractivity contribution is -0.385. The summed E-state index contributed by atoms with van der Waals surface area (Å²) in [5.74, 6) is -1.86. The number of aromatic nitrogens is 1. The number of rotatable bonds is 8. The molecule has 1 aromatic heterocycles. The van der Waals surface area contributed by atoms with E-state index < -0.39 is 37.0 Å². The van der Waals surface area contributed by atoms with Gasteiger partial charge in [-0.25, -0.2) is 0 Å². The maximum atomic E-state index is 11.0. The Morgan fingerprint density at radius 1 is 1.06 bits per heavy atom. The van der Waals surface area contributed by atoms with Gasteiger partial charge in [-0.2, -0.15) is 0 Å². The first-order chi connectivity index (χ1) is 17.4. The van der Waals surface area contributed by atoms with Gasteiger partial charge < -0.3 is 49.5 Å². The Kier molecular flexibility index (Phi) is 6.89. The van der Waals surface area contributed by atoms with Crippen molar-refractivity contribution in [1.82, 2.24) is 4.98 Å². The smallest absolute Gasteiger partial charge is 0.288 e. The molecule has 0 saturated carbocycles. The van der Waals surface area contributed by atoms with Crippen LogP contribution in [-0.4, -0.2) is 74.3 Å². The second-order valence-corrected chi connectivity index (χ2v) is 9.03. The highest BCUT2D eigenvalue weighted by Gasteiger charge is 2.57. The van der Waals surface area contributed by atoms with Crippen LogP contribution < -0.4 is 4.74 Å². The predicted octanol–water partition coefficient (Wildman–Crippen LogP) is 0.914. The number of hydrogen-bond acceptors (Lipinski definition) is 9. The van der Waals surface area contributed by atoms with Crippen molar-refractivity contribution in [2.75, 3.05) is 13.4 Å². The van der Waals surface area contributed by atoms with Gasteiger partial charge in [0.25, 0.3) is 5.79 Å². The normalized spacial score (nSPS) is 28.9. The minimum Gasteiger partial charge on any atom is -0.462 e. The van der Waals surface area contributed by atoms with E-state index in [1.54, 1.807) is 18.4 Å². The van der Waals surface area contributed by atoms with Crippen molar-refractivity contribution >= 4 is 10.9 Å². The summed E-state index contributed by atoms with van der Waals surface area (Å²) in [5, 5.41) is 52.2. The van der Waals surface area contributed by atoms with Crippen molar-refractivity contribution in [3.05, 3.63) is 77.9 Å². The Balaban J connectivity index is 1.47. The van der Waals surface area contributed by atoms with Gasteiger partial charge in [0.2, 0.25) is 13.1 Å². The molecule has 0 spiro atoms. The molecule has 5 rings (SSSR count). The van der Waals surface area contributed by atoms with Crippen LogP contribution in [0.3, 0.4) is 0 Å². The summed E-state index contributed by atoms with van der Waals surface area (Å²) in [4.78, 5) is 3.19. The van der Waals surface area contributed by atoms with Crippen LogP contribution >= 0.6 is 0 Å². The molecule has 6 N–H and O–H groups in total. The van der Waals surface area contributed by atoms with E-state index in [2.05, 4.69) is 4.98 Å². The molecule has 3 heterocycles. The van der Waals surface area contributed by atoms with E-state index in [0.29, 0.717) is 23.7 Å². The Morgan fingerprint density at radius 2 is 1.86 bits per heavy atom. The fourth-order valence-corrected chi connectivity index (χ4v) is 4.75. The van der Waals surface area contributed by atoms with Gasteiger partial charge in [-0.1, -0.05) is 36.4 Å². The molecule has 1 unspecified atom stereocenters. The highest BCUT2D eigenvalue weighted by Crippen LogP contribution is 2.38. The van der Waals surface area contributed by atoms with Gasteiger partial charge in [0.15, 0.2) is 6.10 Å². The molecule has 2 aliphatic rings. The lowest BCUT2D eigenvalue weighted by atomic mass is 9.90. The second kappa shape index (κ2) is 10.1. The first-order valence-corrected chi connectivity index (χ1v) is 11.7. The predicted molar refractivity (Wildman–Crippen MR) is 126 cm³/mol. The fraction of sp³-hybridized carbons (Fsp3) is 0.385. The molecule has 192 valence electrons. The third-order valence-electron chi connectivity index (χ3n) is 6.68. The monoisotopic (exact) mass is 499 g/mol. The maximum Gasteiger partial charge on any atom is 0.288 e. The first kappa shape index (κ1) is 24.6. The number of aromatic amines is 1. The number of nitrogens with one attached hydrogen (secondary N) is 1. The maximum absolute atomic E-state index is 11.0. The van der Waals surface area contributed by atoms with Gasteiger partial charge in [-0.3, -0.25) is 0 Å². The molecule has 3 aromatic rings. The molecule has 10 heteroatoms. The molecule has 10 nitrogen and oxygen atoms in total. The van der Waals surface area contributed by atoms with E-state index in [4.69, 9.17) is 18.9 Å². The summed E-state index contributed by atoms with van der Waals surface area (Å²) in [7, 11) is 0. The fourth-order valence-electron chi connectivity index (χ4n) is 4.75. The van der Waals surface area contributed by atoms with Gasteiger partial charge in [-0.15, -0.1) is 0 Å². The number of ether oxygens (including phenoxy) is 4. The number of aliphatic hydroxyl groups is 5. The molecule has 36 heavy (non-hydrogen) atoms. The summed E-state index contributed by atoms with van der Waals surface area (Å²) < 4.78 is 21.9. The van der Waals surface area contributed by atoms with Crippen molar-refractivity contribution < 1.29 is 44.5 Å². The summed E-state index contributed by atoms with van der Waals surface area (Å²) in [6, 6.07) is 15.1. The van der Waals surface area contributed by atoms with Crippen molar-refractivity contribution in [1.29, 1.82) is 0 Å². The first-order valence-electron chi connectivity index (χ1n) is 11.7. The summed E-state index contributed by atoms with van der Waals surface area (Å²) in [6.07, 6.45) is -2.27. The van der Waals surface area contributed by atoms with E-state index in [-0.39, 0.29) is 18.5 Å². The molecule has 2 aromatic carbocycles. The van der Waals surface area contributed by atoms with Gasteiger partial charge in [0, 0.05) is 23.0 Å². The summed E-state index contributed by atoms with van der Waals surface area (Å²) in [6.45, 7) is -0.504. The number of allylic oxidation sites excluding steroid dienone is 1. The van der Waals surface area contributed by atoms with Crippen LogP contribution in [0.2, 0.25) is 0 Å². The third kappa shape index (κ3) is 4.55. The van der Waals surface area contributed by atoms with Crippen LogP contribution in [0.4, 0.5) is 0 Å². The van der Waals surface area contributed by atoms with Crippen LogP contribution in [0.25, 0.3) is 10.9 Å². The summed E-state index contributed by atoms with van der Waals surface area (Å²) in [5.41, 5.74) is 2.68. The van der Waals surface area contributed by atoms with Crippen LogP contribution in [-0.2, 0) is 27.1 Å². The Bertz CT molecular complexity index is 1210. The van der Waals surface area contributed by atoms with Crippen LogP contribution in [0.15, 0.2) is 66.7 Å². The van der Waals surface area contributed by atoms with Gasteiger partial charge in [0.05, 0.1) is 6.61 Å². The molecule has 0 aliphatic carbocycles. The zero-order chi connectivity index (χ0) is 25.3. The molecule has 0 amide bonds. The average Bonchev–Trinajstić information content (AvgIpc) is 3.57. The number of hydrogen-bond donors (Lipinski definition) is 6. The van der Waals surface area contributed by atoms with E-state index in [9.17, 15) is 25.5 Å². The van der Waals surface area contributed by atoms with Crippen molar-refractivity contribution in [3.8, 4) is 5.75 Å². The molecule has 6 atom stereocenters. The minimum atomic E-state index is -2.68. The van der Waals surface area contributed by atoms with E-state index in [1.807, 2.05) is 42.6 Å². The van der Waals surface area contributed by atoms with Gasteiger partial charge >= 0.3 is 0 Å². The average molecular weight is 500 g/mol. The highest BCUT2D eigenvalue weighted by molar-refractivity contribution is 5.89. The third-order valence-corrected chi connectivity index (χ3v) is 6.68. The highest BCUT2D eigenvalue weighted by atomic mass is 16.7. The molecule has 1 fully saturated rings. The Labute approximate surface area is 206 Å². The molecular formula is C26H29NO9. The van der Waals surface area contributed by atoms with E-state index in [0.717, 1.165) is 16.9 Å². The number of benzene rings is 2. The Morgan fingerprint density at radius 3 is 2.58 bits per heavy atom. The molecular weight excluding hydrogens is 470 g/mol. The topological polar surface area (TPSA) is 154 Å². The molecule has 1 saturated heterocycles. The molecule has 0 radical (unpaired) electrons. The zero-order valence-electron chi connectivity index (χ0n) is 19.4. The number of H-pyrrole nitrogens is 1. The Hall–Kier alpha value is -3.12. The standard InChI is InChI=1S/C26H29NO9/c28-12-20-23(29)24(30)26(32,25(31)35-20)36-19-8-4-7-18-22(19)17(11-27-18)10-16(21-13-33-14-34-21)9-15-5-2-1-3-6-15/h1-8,11,13,16,20,23-25,27-32H,9-10,12,14H2/t16?,20-,23-,24+,25+,26+/m1/s1. The minimum absolute atomic E-state index is 0.0635. The van der Waals surface area contributed by atoms with Crippen LogP contribution in [0, 0.1) is 5.92 Å². The van der Waals surface area contributed by atoms with Crippen LogP contribution in [0.1, 0.15) is 11.1 Å². The van der Waals surface area contributed by atoms with Gasteiger partial charge in [0.1, 0.15) is 30.0 Å². The lowest BCUT2D eigenvalue weighted by Gasteiger charge is -2.45. The van der Waals surface area contributed by atoms with Gasteiger partial charge in [-0.05, 0) is 36.1 Å². The number of fused-ring (bicyclic) bond motifs is 1. The zero-order valence-corrected chi connectivity index (χ0v) is 19.4.